The predicted octanol–water partition coefficient (Wildman–Crippen LogP) is 3.20. The molecule has 0 heterocycles. The lowest BCUT2D eigenvalue weighted by Gasteiger charge is -2.21. The van der Waals surface area contributed by atoms with E-state index in [0.29, 0.717) is 12.4 Å². The van der Waals surface area contributed by atoms with Crippen molar-refractivity contribution < 1.29 is 13.2 Å². The van der Waals surface area contributed by atoms with E-state index in [2.05, 4.69) is 6.92 Å². The summed E-state index contributed by atoms with van der Waals surface area (Å²) >= 11 is 0. The molecule has 0 aliphatic heterocycles. The van der Waals surface area contributed by atoms with Crippen molar-refractivity contribution >= 4 is 10.0 Å². The fraction of sp³-hybridized carbons (Fsp3) is 0.600. The topological polar surface area (TPSA) is 69.4 Å². The summed E-state index contributed by atoms with van der Waals surface area (Å²) in [4.78, 5) is 0.0708. The summed E-state index contributed by atoms with van der Waals surface area (Å²) in [6.45, 7) is 8.68. The van der Waals surface area contributed by atoms with Crippen LogP contribution >= 0.6 is 0 Å². The quantitative estimate of drug-likeness (QED) is 0.820. The zero-order valence-corrected chi connectivity index (χ0v) is 13.6. The minimum Gasteiger partial charge on any atom is -0.492 e. The van der Waals surface area contributed by atoms with Crippen LogP contribution in [0.25, 0.3) is 0 Å². The standard InChI is InChI=1S/C15H25NO3S/c1-5-6-7-10-19-13-9-8-12(15(2,3)4)11-14(13)20(16,17)18/h8-9,11H,5-7,10H2,1-4H3,(H2,16,17,18). The number of nitrogens with two attached hydrogens (primary N) is 1. The van der Waals surface area contributed by atoms with E-state index >= 15 is 0 Å². The van der Waals surface area contributed by atoms with Gasteiger partial charge in [0.25, 0.3) is 0 Å². The molecule has 0 bridgehead atoms. The fourth-order valence-corrected chi connectivity index (χ4v) is 2.55. The Labute approximate surface area is 122 Å². The highest BCUT2D eigenvalue weighted by Crippen LogP contribution is 2.30. The molecule has 5 heteroatoms. The minimum absolute atomic E-state index is 0.0708. The predicted molar refractivity (Wildman–Crippen MR) is 81.5 cm³/mol. The van der Waals surface area contributed by atoms with Crippen molar-refractivity contribution in [2.24, 2.45) is 5.14 Å². The molecule has 0 amide bonds. The van der Waals surface area contributed by atoms with Crippen molar-refractivity contribution in [2.45, 2.75) is 57.3 Å². The van der Waals surface area contributed by atoms with Gasteiger partial charge in [0.1, 0.15) is 10.6 Å². The average Bonchev–Trinajstić information content (AvgIpc) is 2.32. The van der Waals surface area contributed by atoms with Crippen molar-refractivity contribution in [3.63, 3.8) is 0 Å². The van der Waals surface area contributed by atoms with Gasteiger partial charge in [-0.15, -0.1) is 0 Å². The Bertz CT molecular complexity index is 545. The summed E-state index contributed by atoms with van der Waals surface area (Å²) < 4.78 is 29.0. The van der Waals surface area contributed by atoms with Crippen molar-refractivity contribution in [3.05, 3.63) is 23.8 Å². The first-order valence-corrected chi connectivity index (χ1v) is 8.51. The second-order valence-corrected chi connectivity index (χ2v) is 7.54. The number of sulfonamides is 1. The molecule has 0 saturated carbocycles. The normalized spacial score (nSPS) is 12.4. The highest BCUT2D eigenvalue weighted by atomic mass is 32.2. The SMILES string of the molecule is CCCCCOc1ccc(C(C)(C)C)cc1S(N)(=O)=O. The maximum Gasteiger partial charge on any atom is 0.241 e. The van der Waals surface area contributed by atoms with E-state index in [9.17, 15) is 8.42 Å². The van der Waals surface area contributed by atoms with Gasteiger partial charge in [-0.05, 0) is 29.5 Å². The number of unbranched alkanes of at least 4 members (excludes halogenated alkanes) is 2. The Morgan fingerprint density at radius 3 is 2.35 bits per heavy atom. The lowest BCUT2D eigenvalue weighted by Crippen LogP contribution is -2.17. The van der Waals surface area contributed by atoms with E-state index in [1.54, 1.807) is 12.1 Å². The van der Waals surface area contributed by atoms with E-state index < -0.39 is 10.0 Å². The number of ether oxygens (including phenoxy) is 1. The summed E-state index contributed by atoms with van der Waals surface area (Å²) in [7, 11) is -3.78. The molecule has 0 saturated heterocycles. The second-order valence-electron chi connectivity index (χ2n) is 6.01. The van der Waals surface area contributed by atoms with Gasteiger partial charge in [-0.2, -0.15) is 0 Å². The highest BCUT2D eigenvalue weighted by Gasteiger charge is 2.21. The van der Waals surface area contributed by atoms with Gasteiger partial charge >= 0.3 is 0 Å². The van der Waals surface area contributed by atoms with Gasteiger partial charge < -0.3 is 4.74 Å². The van der Waals surface area contributed by atoms with E-state index in [-0.39, 0.29) is 10.3 Å². The molecule has 2 N–H and O–H groups in total. The number of rotatable bonds is 6. The summed E-state index contributed by atoms with van der Waals surface area (Å²) in [5.41, 5.74) is 0.780. The van der Waals surface area contributed by atoms with Crippen LogP contribution in [0.5, 0.6) is 5.75 Å². The molecule has 0 aliphatic carbocycles. The van der Waals surface area contributed by atoms with Crippen LogP contribution in [0.1, 0.15) is 52.5 Å². The van der Waals surface area contributed by atoms with Gasteiger partial charge in [-0.1, -0.05) is 46.6 Å². The first-order chi connectivity index (χ1) is 9.16. The van der Waals surface area contributed by atoms with Crippen LogP contribution in [-0.4, -0.2) is 15.0 Å². The third kappa shape index (κ3) is 4.80. The van der Waals surface area contributed by atoms with Crippen LogP contribution in [0.4, 0.5) is 0 Å². The zero-order valence-electron chi connectivity index (χ0n) is 12.8. The number of primary sulfonamides is 1. The smallest absolute Gasteiger partial charge is 0.241 e. The van der Waals surface area contributed by atoms with Crippen LogP contribution in [0.2, 0.25) is 0 Å². The van der Waals surface area contributed by atoms with Gasteiger partial charge in [-0.25, -0.2) is 13.6 Å². The van der Waals surface area contributed by atoms with Crippen molar-refractivity contribution in [3.8, 4) is 5.75 Å². The molecule has 4 nitrogen and oxygen atoms in total. The minimum atomic E-state index is -3.78. The third-order valence-corrected chi connectivity index (χ3v) is 4.05. The van der Waals surface area contributed by atoms with Gasteiger partial charge in [0, 0.05) is 0 Å². The maximum atomic E-state index is 11.7. The molecule has 0 aromatic heterocycles. The molecule has 1 rings (SSSR count). The summed E-state index contributed by atoms with van der Waals surface area (Å²) in [5, 5.41) is 5.29. The van der Waals surface area contributed by atoms with E-state index in [1.165, 1.54) is 0 Å². The average molecular weight is 299 g/mol. The first-order valence-electron chi connectivity index (χ1n) is 6.96. The summed E-state index contributed by atoms with van der Waals surface area (Å²) in [6.07, 6.45) is 3.06. The van der Waals surface area contributed by atoms with Crippen molar-refractivity contribution in [1.82, 2.24) is 0 Å². The molecule has 114 valence electrons. The Hall–Kier alpha value is -1.07. The first kappa shape index (κ1) is 17.0. The van der Waals surface area contributed by atoms with Gasteiger partial charge in [0.2, 0.25) is 10.0 Å². The maximum absolute atomic E-state index is 11.7. The summed E-state index contributed by atoms with van der Waals surface area (Å²) in [5.74, 6) is 0.344. The second kappa shape index (κ2) is 6.59. The monoisotopic (exact) mass is 299 g/mol. The number of benzene rings is 1. The van der Waals surface area contributed by atoms with Crippen LogP contribution in [0.15, 0.2) is 23.1 Å². The molecule has 0 atom stereocenters. The highest BCUT2D eigenvalue weighted by molar-refractivity contribution is 7.89. The largest absolute Gasteiger partial charge is 0.492 e. The Kier molecular flexibility index (Phi) is 5.59. The van der Waals surface area contributed by atoms with Crippen LogP contribution in [0, 0.1) is 0 Å². The lowest BCUT2D eigenvalue weighted by molar-refractivity contribution is 0.298. The molecule has 1 aromatic carbocycles. The van der Waals surface area contributed by atoms with Gasteiger partial charge in [0.15, 0.2) is 0 Å². The number of hydrogen-bond donors (Lipinski definition) is 1. The van der Waals surface area contributed by atoms with E-state index in [4.69, 9.17) is 9.88 Å². The molecular weight excluding hydrogens is 274 g/mol. The van der Waals surface area contributed by atoms with Crippen LogP contribution in [-0.2, 0) is 15.4 Å². The third-order valence-electron chi connectivity index (χ3n) is 3.12. The molecule has 0 fully saturated rings. The summed E-state index contributed by atoms with van der Waals surface area (Å²) in [6, 6.07) is 5.21. The van der Waals surface area contributed by atoms with Crippen molar-refractivity contribution in [2.75, 3.05) is 6.61 Å². The van der Waals surface area contributed by atoms with E-state index in [0.717, 1.165) is 24.8 Å². The Balaban J connectivity index is 3.06. The Morgan fingerprint density at radius 2 is 1.85 bits per heavy atom. The number of hydrogen-bond acceptors (Lipinski definition) is 3. The molecule has 0 radical (unpaired) electrons. The molecule has 20 heavy (non-hydrogen) atoms. The molecule has 0 unspecified atom stereocenters. The van der Waals surface area contributed by atoms with Gasteiger partial charge in [0.05, 0.1) is 6.61 Å². The fourth-order valence-electron chi connectivity index (χ4n) is 1.85. The Morgan fingerprint density at radius 1 is 1.20 bits per heavy atom. The molecule has 1 aromatic rings. The van der Waals surface area contributed by atoms with Gasteiger partial charge in [-0.3, -0.25) is 0 Å². The zero-order chi connectivity index (χ0) is 15.4. The lowest BCUT2D eigenvalue weighted by atomic mass is 9.87. The molecule has 0 aliphatic rings. The molecular formula is C15H25NO3S. The van der Waals surface area contributed by atoms with E-state index in [1.807, 2.05) is 26.8 Å². The van der Waals surface area contributed by atoms with Crippen molar-refractivity contribution in [1.29, 1.82) is 0 Å². The molecule has 0 spiro atoms. The van der Waals surface area contributed by atoms with Crippen LogP contribution in [0.3, 0.4) is 0 Å². The van der Waals surface area contributed by atoms with Crippen LogP contribution < -0.4 is 9.88 Å².